The second-order valence-electron chi connectivity index (χ2n) is 3.77. The average Bonchev–Trinajstić information content (AvgIpc) is 2.97. The van der Waals surface area contributed by atoms with Crippen molar-refractivity contribution in [3.8, 4) is 9.88 Å². The summed E-state index contributed by atoms with van der Waals surface area (Å²) in [5.74, 6) is 0. The van der Waals surface area contributed by atoms with Crippen molar-refractivity contribution >= 4 is 22.7 Å². The summed E-state index contributed by atoms with van der Waals surface area (Å²) in [6.07, 6.45) is 3.67. The molecule has 86 valence electrons. The zero-order chi connectivity index (χ0) is 11.6. The Morgan fingerprint density at radius 3 is 2.62 bits per heavy atom. The second kappa shape index (κ2) is 4.61. The molecule has 2 aromatic rings. The van der Waals surface area contributed by atoms with Gasteiger partial charge in [0.25, 0.3) is 0 Å². The van der Waals surface area contributed by atoms with E-state index in [9.17, 15) is 0 Å². The maximum atomic E-state index is 6.32. The van der Waals surface area contributed by atoms with Crippen molar-refractivity contribution in [3.05, 3.63) is 22.8 Å². The quantitative estimate of drug-likeness (QED) is 0.910. The van der Waals surface area contributed by atoms with Gasteiger partial charge in [-0.05, 0) is 12.8 Å². The minimum Gasteiger partial charge on any atom is -0.320 e. The first-order valence-corrected chi connectivity index (χ1v) is 7.09. The van der Waals surface area contributed by atoms with Crippen LogP contribution < -0.4 is 5.73 Å². The van der Waals surface area contributed by atoms with E-state index in [1.54, 1.807) is 22.7 Å². The Hall–Kier alpha value is -0.780. The molecule has 2 aromatic heterocycles. The molecule has 5 heteroatoms. The summed E-state index contributed by atoms with van der Waals surface area (Å²) in [7, 11) is 0. The topological polar surface area (TPSA) is 51.8 Å². The molecular weight excluding hydrogens is 238 g/mol. The van der Waals surface area contributed by atoms with Crippen LogP contribution in [0.3, 0.4) is 0 Å². The zero-order valence-electron chi connectivity index (χ0n) is 9.43. The van der Waals surface area contributed by atoms with Gasteiger partial charge in [-0.25, -0.2) is 4.98 Å². The SMILES string of the molecule is CCC(N)(CC)c1csc(-c2cncs2)n1. The van der Waals surface area contributed by atoms with Crippen molar-refractivity contribution in [1.29, 1.82) is 0 Å². The molecule has 0 aliphatic heterocycles. The van der Waals surface area contributed by atoms with E-state index in [1.165, 1.54) is 0 Å². The van der Waals surface area contributed by atoms with Crippen LogP contribution in [0.2, 0.25) is 0 Å². The van der Waals surface area contributed by atoms with E-state index < -0.39 is 0 Å². The van der Waals surface area contributed by atoms with Crippen molar-refractivity contribution in [1.82, 2.24) is 9.97 Å². The number of rotatable bonds is 4. The Morgan fingerprint density at radius 2 is 2.06 bits per heavy atom. The highest BCUT2D eigenvalue weighted by Gasteiger charge is 2.26. The first-order valence-electron chi connectivity index (χ1n) is 5.33. The highest BCUT2D eigenvalue weighted by atomic mass is 32.1. The lowest BCUT2D eigenvalue weighted by atomic mass is 9.91. The van der Waals surface area contributed by atoms with E-state index in [4.69, 9.17) is 5.73 Å². The van der Waals surface area contributed by atoms with Gasteiger partial charge in [-0.2, -0.15) is 0 Å². The summed E-state index contributed by atoms with van der Waals surface area (Å²) in [6.45, 7) is 4.21. The van der Waals surface area contributed by atoms with E-state index in [0.717, 1.165) is 28.4 Å². The van der Waals surface area contributed by atoms with Crippen LogP contribution in [0.25, 0.3) is 9.88 Å². The van der Waals surface area contributed by atoms with Gasteiger partial charge in [0, 0.05) is 11.6 Å². The van der Waals surface area contributed by atoms with Gasteiger partial charge in [-0.15, -0.1) is 22.7 Å². The smallest absolute Gasteiger partial charge is 0.135 e. The van der Waals surface area contributed by atoms with Gasteiger partial charge in [-0.3, -0.25) is 4.98 Å². The number of hydrogen-bond donors (Lipinski definition) is 1. The van der Waals surface area contributed by atoms with E-state index >= 15 is 0 Å². The molecule has 0 spiro atoms. The normalized spacial score (nSPS) is 11.9. The lowest BCUT2D eigenvalue weighted by Gasteiger charge is -2.24. The Morgan fingerprint density at radius 1 is 1.31 bits per heavy atom. The van der Waals surface area contributed by atoms with Crippen molar-refractivity contribution < 1.29 is 0 Å². The standard InChI is InChI=1S/C11H15N3S2/c1-3-11(12,4-2)9-6-15-10(14-9)8-5-13-7-16-8/h5-7H,3-4,12H2,1-2H3. The number of aromatic nitrogens is 2. The second-order valence-corrected chi connectivity index (χ2v) is 5.51. The summed E-state index contributed by atoms with van der Waals surface area (Å²) in [4.78, 5) is 9.81. The number of thiazole rings is 2. The highest BCUT2D eigenvalue weighted by molar-refractivity contribution is 7.19. The summed E-state index contributed by atoms with van der Waals surface area (Å²) in [5, 5.41) is 3.09. The molecule has 0 aliphatic rings. The Balaban J connectivity index is 2.33. The Bertz CT molecular complexity index is 444. The maximum Gasteiger partial charge on any atom is 0.135 e. The third-order valence-corrected chi connectivity index (χ3v) is 4.70. The molecule has 0 bridgehead atoms. The lowest BCUT2D eigenvalue weighted by Crippen LogP contribution is -2.35. The minimum atomic E-state index is -0.278. The molecule has 3 nitrogen and oxygen atoms in total. The highest BCUT2D eigenvalue weighted by Crippen LogP contribution is 2.32. The van der Waals surface area contributed by atoms with E-state index in [0.29, 0.717) is 0 Å². The van der Waals surface area contributed by atoms with E-state index in [2.05, 4.69) is 29.2 Å². The molecule has 2 rings (SSSR count). The molecule has 2 N–H and O–H groups in total. The molecule has 0 atom stereocenters. The number of nitrogens with zero attached hydrogens (tertiary/aromatic N) is 2. The Kier molecular flexibility index (Phi) is 3.37. The molecule has 16 heavy (non-hydrogen) atoms. The van der Waals surface area contributed by atoms with Gasteiger partial charge >= 0.3 is 0 Å². The molecule has 0 aliphatic carbocycles. The molecule has 0 saturated heterocycles. The van der Waals surface area contributed by atoms with Crippen LogP contribution in [0, 0.1) is 0 Å². The first-order chi connectivity index (χ1) is 7.69. The van der Waals surface area contributed by atoms with Crippen LogP contribution in [-0.2, 0) is 5.54 Å². The van der Waals surface area contributed by atoms with Gasteiger partial charge in [0.1, 0.15) is 5.01 Å². The third kappa shape index (κ3) is 2.03. The number of hydrogen-bond acceptors (Lipinski definition) is 5. The van der Waals surface area contributed by atoms with Gasteiger partial charge < -0.3 is 5.73 Å². The first kappa shape index (κ1) is 11.7. The van der Waals surface area contributed by atoms with Crippen LogP contribution in [0.4, 0.5) is 0 Å². The maximum absolute atomic E-state index is 6.32. The summed E-state index contributed by atoms with van der Waals surface area (Å²) < 4.78 is 0. The lowest BCUT2D eigenvalue weighted by molar-refractivity contribution is 0.403. The predicted molar refractivity (Wildman–Crippen MR) is 69.7 cm³/mol. The van der Waals surface area contributed by atoms with Gasteiger partial charge in [0.15, 0.2) is 0 Å². The van der Waals surface area contributed by atoms with Crippen LogP contribution in [0.15, 0.2) is 17.1 Å². The molecule has 0 fully saturated rings. The largest absolute Gasteiger partial charge is 0.320 e. The summed E-state index contributed by atoms with van der Waals surface area (Å²) >= 11 is 3.26. The number of nitrogens with two attached hydrogens (primary N) is 1. The summed E-state index contributed by atoms with van der Waals surface area (Å²) in [6, 6.07) is 0. The fourth-order valence-electron chi connectivity index (χ4n) is 1.55. The van der Waals surface area contributed by atoms with E-state index in [-0.39, 0.29) is 5.54 Å². The van der Waals surface area contributed by atoms with Crippen LogP contribution in [0.5, 0.6) is 0 Å². The van der Waals surface area contributed by atoms with Gasteiger partial charge in [-0.1, -0.05) is 13.8 Å². The van der Waals surface area contributed by atoms with Crippen molar-refractivity contribution in [2.75, 3.05) is 0 Å². The van der Waals surface area contributed by atoms with Gasteiger partial charge in [0.05, 0.1) is 21.6 Å². The molecular formula is C11H15N3S2. The summed E-state index contributed by atoms with van der Waals surface area (Å²) in [5.41, 5.74) is 8.87. The molecule has 0 amide bonds. The fourth-order valence-corrected chi connectivity index (χ4v) is 3.17. The van der Waals surface area contributed by atoms with Crippen LogP contribution in [0.1, 0.15) is 32.4 Å². The van der Waals surface area contributed by atoms with E-state index in [1.807, 2.05) is 11.7 Å². The zero-order valence-corrected chi connectivity index (χ0v) is 11.1. The molecule has 2 heterocycles. The fraction of sp³-hybridized carbons (Fsp3) is 0.455. The third-order valence-electron chi connectivity index (χ3n) is 2.92. The van der Waals surface area contributed by atoms with Crippen molar-refractivity contribution in [2.45, 2.75) is 32.2 Å². The van der Waals surface area contributed by atoms with Crippen LogP contribution in [-0.4, -0.2) is 9.97 Å². The Labute approximate surface area is 103 Å². The molecule has 0 radical (unpaired) electrons. The molecule has 0 unspecified atom stereocenters. The monoisotopic (exact) mass is 253 g/mol. The molecule has 0 aromatic carbocycles. The van der Waals surface area contributed by atoms with Gasteiger partial charge in [0.2, 0.25) is 0 Å². The molecule has 0 saturated carbocycles. The van der Waals surface area contributed by atoms with Crippen molar-refractivity contribution in [2.24, 2.45) is 5.73 Å². The minimum absolute atomic E-state index is 0.278. The predicted octanol–water partition coefficient (Wildman–Crippen LogP) is 3.24. The van der Waals surface area contributed by atoms with Crippen LogP contribution >= 0.6 is 22.7 Å². The average molecular weight is 253 g/mol. The van der Waals surface area contributed by atoms with Crippen molar-refractivity contribution in [3.63, 3.8) is 0 Å².